The second-order valence-corrected chi connectivity index (χ2v) is 2.87. The summed E-state index contributed by atoms with van der Waals surface area (Å²) in [5.74, 6) is 0. The summed E-state index contributed by atoms with van der Waals surface area (Å²) in [5.41, 5.74) is 0. The minimum atomic E-state index is -0.206. The summed E-state index contributed by atoms with van der Waals surface area (Å²) in [6.07, 6.45) is 1.13. The maximum atomic E-state index is 5.30. The zero-order chi connectivity index (χ0) is 11.0. The maximum absolute atomic E-state index is 5.30. The first-order valence-electron chi connectivity index (χ1n) is 4.45. The monoisotopic (exact) mass is 204 g/mol. The fourth-order valence-electron chi connectivity index (χ4n) is 1.32. The molecule has 3 atom stereocenters. The van der Waals surface area contributed by atoms with Crippen LogP contribution in [0.1, 0.15) is 0 Å². The lowest BCUT2D eigenvalue weighted by Gasteiger charge is -2.28. The second-order valence-electron chi connectivity index (χ2n) is 2.87. The normalized spacial score (nSPS) is 17.4. The van der Waals surface area contributed by atoms with E-state index < -0.39 is 0 Å². The highest BCUT2D eigenvalue weighted by atomic mass is 16.6. The summed E-state index contributed by atoms with van der Waals surface area (Å²) >= 11 is 0. The van der Waals surface area contributed by atoms with Crippen molar-refractivity contribution in [1.29, 1.82) is 0 Å². The van der Waals surface area contributed by atoms with Crippen molar-refractivity contribution in [3.05, 3.63) is 12.7 Å². The van der Waals surface area contributed by atoms with Gasteiger partial charge in [-0.05, 0) is 0 Å². The zero-order valence-electron chi connectivity index (χ0n) is 9.36. The van der Waals surface area contributed by atoms with Crippen LogP contribution >= 0.6 is 0 Å². The van der Waals surface area contributed by atoms with Gasteiger partial charge in [-0.2, -0.15) is 0 Å². The molecule has 4 heteroatoms. The van der Waals surface area contributed by atoms with Crippen molar-refractivity contribution < 1.29 is 18.9 Å². The van der Waals surface area contributed by atoms with E-state index in [1.165, 1.54) is 0 Å². The minimum Gasteiger partial charge on any atom is -0.382 e. The Morgan fingerprint density at radius 1 is 1.07 bits per heavy atom. The largest absolute Gasteiger partial charge is 0.382 e. The molecule has 0 aliphatic rings. The average molecular weight is 204 g/mol. The van der Waals surface area contributed by atoms with Gasteiger partial charge in [0.25, 0.3) is 0 Å². The SMILES string of the molecule is C=C[C@@H](OC)[C@H](OC)[C@H](COC)OC. The van der Waals surface area contributed by atoms with Crippen LogP contribution in [0.5, 0.6) is 0 Å². The molecular weight excluding hydrogens is 184 g/mol. The summed E-state index contributed by atoms with van der Waals surface area (Å²) < 4.78 is 20.8. The first-order valence-corrected chi connectivity index (χ1v) is 4.45. The molecule has 0 rings (SSSR count). The molecule has 0 bridgehead atoms. The molecule has 0 amide bonds. The van der Waals surface area contributed by atoms with E-state index in [0.717, 1.165) is 0 Å². The van der Waals surface area contributed by atoms with Crippen LogP contribution in [0, 0.1) is 0 Å². The number of ether oxygens (including phenoxy) is 4. The van der Waals surface area contributed by atoms with Crippen LogP contribution in [0.15, 0.2) is 12.7 Å². The van der Waals surface area contributed by atoms with Gasteiger partial charge in [0.05, 0.1) is 6.61 Å². The molecule has 0 spiro atoms. The molecular formula is C10H20O4. The highest BCUT2D eigenvalue weighted by Crippen LogP contribution is 2.11. The van der Waals surface area contributed by atoms with Crippen molar-refractivity contribution >= 4 is 0 Å². The topological polar surface area (TPSA) is 36.9 Å². The van der Waals surface area contributed by atoms with Gasteiger partial charge < -0.3 is 18.9 Å². The molecule has 0 aliphatic heterocycles. The van der Waals surface area contributed by atoms with Crippen molar-refractivity contribution in [2.75, 3.05) is 35.0 Å². The van der Waals surface area contributed by atoms with E-state index in [9.17, 15) is 0 Å². The highest BCUT2D eigenvalue weighted by Gasteiger charge is 2.27. The lowest BCUT2D eigenvalue weighted by molar-refractivity contribution is -0.111. The Morgan fingerprint density at radius 2 is 1.71 bits per heavy atom. The molecule has 0 aromatic rings. The number of methoxy groups -OCH3 is 4. The van der Waals surface area contributed by atoms with Crippen LogP contribution < -0.4 is 0 Å². The van der Waals surface area contributed by atoms with Crippen molar-refractivity contribution in [2.45, 2.75) is 18.3 Å². The summed E-state index contributed by atoms with van der Waals surface area (Å²) in [5, 5.41) is 0. The van der Waals surface area contributed by atoms with E-state index in [2.05, 4.69) is 6.58 Å². The standard InChI is InChI=1S/C10H20O4/c1-6-8(12-3)10(14-5)9(13-4)7-11-2/h6,8-10H,1,7H2,2-5H3/t8-,9+,10+/m1/s1. The second kappa shape index (κ2) is 7.94. The van der Waals surface area contributed by atoms with Gasteiger partial charge in [0.2, 0.25) is 0 Å². The summed E-state index contributed by atoms with van der Waals surface area (Å²) in [6.45, 7) is 4.14. The van der Waals surface area contributed by atoms with E-state index in [-0.39, 0.29) is 18.3 Å². The molecule has 0 aliphatic carbocycles. The van der Waals surface area contributed by atoms with Crippen molar-refractivity contribution in [2.24, 2.45) is 0 Å². The van der Waals surface area contributed by atoms with E-state index >= 15 is 0 Å². The highest BCUT2D eigenvalue weighted by molar-refractivity contribution is 4.90. The molecule has 0 aromatic heterocycles. The average Bonchev–Trinajstić information content (AvgIpc) is 2.23. The Bertz CT molecular complexity index is 149. The van der Waals surface area contributed by atoms with Gasteiger partial charge in [-0.15, -0.1) is 6.58 Å². The minimum absolute atomic E-state index is 0.159. The first kappa shape index (κ1) is 13.6. The van der Waals surface area contributed by atoms with Gasteiger partial charge >= 0.3 is 0 Å². The molecule has 14 heavy (non-hydrogen) atoms. The van der Waals surface area contributed by atoms with E-state index in [4.69, 9.17) is 18.9 Å². The van der Waals surface area contributed by atoms with Crippen LogP contribution in [0.3, 0.4) is 0 Å². The van der Waals surface area contributed by atoms with E-state index in [1.807, 2.05) is 0 Å². The lowest BCUT2D eigenvalue weighted by atomic mass is 10.1. The molecule has 0 unspecified atom stereocenters. The van der Waals surface area contributed by atoms with Gasteiger partial charge in [0.15, 0.2) is 0 Å². The lowest BCUT2D eigenvalue weighted by Crippen LogP contribution is -2.42. The summed E-state index contributed by atoms with van der Waals surface area (Å²) in [6, 6.07) is 0. The maximum Gasteiger partial charge on any atom is 0.115 e. The fourth-order valence-corrected chi connectivity index (χ4v) is 1.32. The number of rotatable bonds is 8. The number of hydrogen-bond donors (Lipinski definition) is 0. The molecule has 0 saturated carbocycles. The molecule has 0 radical (unpaired) electrons. The van der Waals surface area contributed by atoms with Crippen molar-refractivity contribution in [3.63, 3.8) is 0 Å². The first-order chi connectivity index (χ1) is 6.74. The third-order valence-corrected chi connectivity index (χ3v) is 2.10. The van der Waals surface area contributed by atoms with Gasteiger partial charge in [-0.3, -0.25) is 0 Å². The van der Waals surface area contributed by atoms with Crippen LogP contribution in [0.2, 0.25) is 0 Å². The Labute approximate surface area is 85.8 Å². The van der Waals surface area contributed by atoms with Crippen LogP contribution in [-0.2, 0) is 18.9 Å². The molecule has 84 valence electrons. The third kappa shape index (κ3) is 3.75. The summed E-state index contributed by atoms with van der Waals surface area (Å²) in [7, 11) is 6.46. The molecule has 4 nitrogen and oxygen atoms in total. The molecule has 0 fully saturated rings. The Kier molecular flexibility index (Phi) is 7.70. The quantitative estimate of drug-likeness (QED) is 0.550. The van der Waals surface area contributed by atoms with Crippen LogP contribution in [-0.4, -0.2) is 53.4 Å². The van der Waals surface area contributed by atoms with E-state index in [0.29, 0.717) is 6.61 Å². The van der Waals surface area contributed by atoms with Gasteiger partial charge in [-0.25, -0.2) is 0 Å². The van der Waals surface area contributed by atoms with Gasteiger partial charge in [0.1, 0.15) is 18.3 Å². The van der Waals surface area contributed by atoms with Crippen LogP contribution in [0.25, 0.3) is 0 Å². The smallest absolute Gasteiger partial charge is 0.115 e. The molecule has 0 N–H and O–H groups in total. The third-order valence-electron chi connectivity index (χ3n) is 2.10. The Hall–Kier alpha value is -0.420. The molecule has 0 aromatic carbocycles. The fraction of sp³-hybridized carbons (Fsp3) is 0.800. The Morgan fingerprint density at radius 3 is 2.00 bits per heavy atom. The number of hydrogen-bond acceptors (Lipinski definition) is 4. The van der Waals surface area contributed by atoms with E-state index in [1.54, 1.807) is 34.5 Å². The molecule has 0 saturated heterocycles. The molecule has 0 heterocycles. The van der Waals surface area contributed by atoms with Crippen molar-refractivity contribution in [3.8, 4) is 0 Å². The van der Waals surface area contributed by atoms with Crippen LogP contribution in [0.4, 0.5) is 0 Å². The summed E-state index contributed by atoms with van der Waals surface area (Å²) in [4.78, 5) is 0. The Balaban J connectivity index is 4.38. The predicted octanol–water partition coefficient (Wildman–Crippen LogP) is 0.864. The predicted molar refractivity (Wildman–Crippen MR) is 54.5 cm³/mol. The van der Waals surface area contributed by atoms with Gasteiger partial charge in [0, 0.05) is 28.4 Å². The zero-order valence-corrected chi connectivity index (χ0v) is 9.36. The van der Waals surface area contributed by atoms with Crippen molar-refractivity contribution in [1.82, 2.24) is 0 Å². The van der Waals surface area contributed by atoms with Gasteiger partial charge in [-0.1, -0.05) is 6.08 Å².